The van der Waals surface area contributed by atoms with Crippen LogP contribution in [-0.4, -0.2) is 4.98 Å². The molecule has 0 atom stereocenters. The lowest BCUT2D eigenvalue weighted by Crippen LogP contribution is -1.80. The van der Waals surface area contributed by atoms with Crippen LogP contribution in [0.3, 0.4) is 0 Å². The van der Waals surface area contributed by atoms with Crippen LogP contribution in [0.25, 0.3) is 0 Å². The zero-order chi connectivity index (χ0) is 9.80. The Hall–Kier alpha value is -1.73. The zero-order valence-electron chi connectivity index (χ0n) is 7.18. The highest BCUT2D eigenvalue weighted by Crippen LogP contribution is 2.25. The first-order valence-electron chi connectivity index (χ1n) is 3.96. The zero-order valence-corrected chi connectivity index (χ0v) is 7.99. The average molecular weight is 202 g/mol. The highest BCUT2D eigenvalue weighted by atomic mass is 32.2. The molecule has 2 rings (SSSR count). The Bertz CT molecular complexity index is 442. The van der Waals surface area contributed by atoms with Crippen molar-refractivity contribution >= 4 is 11.8 Å². The van der Waals surface area contributed by atoms with Gasteiger partial charge in [0, 0.05) is 6.20 Å². The van der Waals surface area contributed by atoms with E-state index in [2.05, 4.69) is 4.98 Å². The van der Waals surface area contributed by atoms with Crippen LogP contribution in [0, 0.1) is 11.3 Å². The van der Waals surface area contributed by atoms with Gasteiger partial charge in [-0.25, -0.2) is 4.98 Å². The topological polar surface area (TPSA) is 49.8 Å². The fourth-order valence-electron chi connectivity index (χ4n) is 0.931. The Morgan fingerprint density at radius 3 is 2.86 bits per heavy atom. The third-order valence-electron chi connectivity index (χ3n) is 1.57. The quantitative estimate of drug-likeness (QED) is 0.751. The van der Waals surface area contributed by atoms with E-state index in [1.807, 2.05) is 18.2 Å². The molecule has 14 heavy (non-hydrogen) atoms. The van der Waals surface area contributed by atoms with Crippen molar-refractivity contribution in [3.05, 3.63) is 42.3 Å². The number of aromatic nitrogens is 1. The molecule has 0 N–H and O–H groups in total. The van der Waals surface area contributed by atoms with Crippen molar-refractivity contribution in [2.45, 2.75) is 10.1 Å². The molecule has 4 heteroatoms. The number of nitrogens with zero attached hydrogens (tertiary/aromatic N) is 2. The van der Waals surface area contributed by atoms with Crippen molar-refractivity contribution in [1.82, 2.24) is 4.98 Å². The number of rotatable bonds is 2. The minimum Gasteiger partial charge on any atom is -0.458 e. The smallest absolute Gasteiger partial charge is 0.166 e. The fourth-order valence-corrected chi connectivity index (χ4v) is 1.63. The third kappa shape index (κ3) is 1.95. The van der Waals surface area contributed by atoms with E-state index in [0.29, 0.717) is 5.56 Å². The molecule has 0 saturated carbocycles. The monoisotopic (exact) mass is 202 g/mol. The Morgan fingerprint density at radius 2 is 2.29 bits per heavy atom. The van der Waals surface area contributed by atoms with E-state index in [-0.39, 0.29) is 0 Å². The molecule has 0 unspecified atom stereocenters. The van der Waals surface area contributed by atoms with Gasteiger partial charge >= 0.3 is 0 Å². The third-order valence-corrected chi connectivity index (χ3v) is 2.45. The molecule has 0 radical (unpaired) electrons. The Kier molecular flexibility index (Phi) is 2.52. The highest BCUT2D eigenvalue weighted by molar-refractivity contribution is 7.99. The molecular weight excluding hydrogens is 196 g/mol. The Labute approximate surface area is 85.4 Å². The van der Waals surface area contributed by atoms with Gasteiger partial charge in [0.05, 0.1) is 11.8 Å². The van der Waals surface area contributed by atoms with Gasteiger partial charge in [-0.3, -0.25) is 0 Å². The van der Waals surface area contributed by atoms with Crippen LogP contribution in [0.15, 0.2) is 51.3 Å². The van der Waals surface area contributed by atoms with Crippen LogP contribution in [-0.2, 0) is 0 Å². The normalized spacial score (nSPS) is 9.64. The number of hydrogen-bond acceptors (Lipinski definition) is 4. The summed E-state index contributed by atoms with van der Waals surface area (Å²) in [5.41, 5.74) is 0.564. The summed E-state index contributed by atoms with van der Waals surface area (Å²) in [6.07, 6.45) is 3.16. The maximum absolute atomic E-state index is 8.57. The molecule has 0 aliphatic heterocycles. The van der Waals surface area contributed by atoms with Gasteiger partial charge in [-0.1, -0.05) is 0 Å². The first-order chi connectivity index (χ1) is 6.88. The molecule has 0 fully saturated rings. The molecule has 2 heterocycles. The summed E-state index contributed by atoms with van der Waals surface area (Å²) in [5.74, 6) is 0. The van der Waals surface area contributed by atoms with E-state index < -0.39 is 0 Å². The van der Waals surface area contributed by atoms with Gasteiger partial charge < -0.3 is 4.42 Å². The van der Waals surface area contributed by atoms with E-state index in [1.165, 1.54) is 11.8 Å². The van der Waals surface area contributed by atoms with Gasteiger partial charge in [-0.2, -0.15) is 5.26 Å². The molecule has 0 spiro atoms. The Morgan fingerprint density at radius 1 is 1.36 bits per heavy atom. The van der Waals surface area contributed by atoms with Crippen molar-refractivity contribution in [1.29, 1.82) is 5.26 Å². The maximum atomic E-state index is 8.57. The molecule has 0 bridgehead atoms. The van der Waals surface area contributed by atoms with Crippen LogP contribution in [0.4, 0.5) is 0 Å². The number of furan rings is 1. The molecule has 2 aromatic rings. The predicted octanol–water partition coefficient (Wildman–Crippen LogP) is 2.70. The second kappa shape index (κ2) is 3.99. The molecule has 2 aromatic heterocycles. The molecule has 68 valence electrons. The standard InChI is InChI=1S/C10H6N2OS/c11-6-8-3-4-9(12-7-8)14-10-2-1-5-13-10/h1-5,7H. The van der Waals surface area contributed by atoms with E-state index in [1.54, 1.807) is 24.6 Å². The molecular formula is C10H6N2OS. The van der Waals surface area contributed by atoms with Crippen molar-refractivity contribution < 1.29 is 4.42 Å². The molecule has 0 saturated heterocycles. The molecule has 0 amide bonds. The van der Waals surface area contributed by atoms with E-state index >= 15 is 0 Å². The van der Waals surface area contributed by atoms with E-state index in [0.717, 1.165) is 10.1 Å². The van der Waals surface area contributed by atoms with Crippen molar-refractivity contribution in [2.75, 3.05) is 0 Å². The van der Waals surface area contributed by atoms with Gasteiger partial charge in [-0.05, 0) is 36.0 Å². The number of pyridine rings is 1. The van der Waals surface area contributed by atoms with Crippen molar-refractivity contribution in [3.63, 3.8) is 0 Å². The number of hydrogen-bond donors (Lipinski definition) is 0. The minimum absolute atomic E-state index is 0.564. The lowest BCUT2D eigenvalue weighted by atomic mass is 10.3. The number of nitriles is 1. The van der Waals surface area contributed by atoms with Crippen LogP contribution in [0.2, 0.25) is 0 Å². The first kappa shape index (κ1) is 8.85. The summed E-state index contributed by atoms with van der Waals surface area (Å²) in [4.78, 5) is 4.10. The van der Waals surface area contributed by atoms with Crippen LogP contribution in [0.1, 0.15) is 5.56 Å². The van der Waals surface area contributed by atoms with Gasteiger partial charge in [0.15, 0.2) is 5.09 Å². The second-order valence-corrected chi connectivity index (χ2v) is 3.56. The first-order valence-corrected chi connectivity index (χ1v) is 4.77. The summed E-state index contributed by atoms with van der Waals surface area (Å²) in [6, 6.07) is 9.24. The van der Waals surface area contributed by atoms with E-state index in [9.17, 15) is 0 Å². The summed E-state index contributed by atoms with van der Waals surface area (Å²) in [5, 5.41) is 10.2. The lowest BCUT2D eigenvalue weighted by molar-refractivity contribution is 0.474. The van der Waals surface area contributed by atoms with Gasteiger partial charge in [0.2, 0.25) is 0 Å². The van der Waals surface area contributed by atoms with Crippen LogP contribution < -0.4 is 0 Å². The van der Waals surface area contributed by atoms with Gasteiger partial charge in [0.1, 0.15) is 11.1 Å². The van der Waals surface area contributed by atoms with Crippen molar-refractivity contribution in [2.24, 2.45) is 0 Å². The van der Waals surface area contributed by atoms with Crippen LogP contribution in [0.5, 0.6) is 0 Å². The summed E-state index contributed by atoms with van der Waals surface area (Å²) >= 11 is 1.43. The minimum atomic E-state index is 0.564. The van der Waals surface area contributed by atoms with Crippen LogP contribution >= 0.6 is 11.8 Å². The van der Waals surface area contributed by atoms with Gasteiger partial charge in [-0.15, -0.1) is 0 Å². The van der Waals surface area contributed by atoms with Crippen molar-refractivity contribution in [3.8, 4) is 6.07 Å². The second-order valence-electron chi connectivity index (χ2n) is 2.53. The largest absolute Gasteiger partial charge is 0.458 e. The summed E-state index contributed by atoms with van der Waals surface area (Å²) < 4.78 is 5.15. The summed E-state index contributed by atoms with van der Waals surface area (Å²) in [6.45, 7) is 0. The lowest BCUT2D eigenvalue weighted by Gasteiger charge is -1.95. The fraction of sp³-hybridized carbons (Fsp3) is 0. The predicted molar refractivity (Wildman–Crippen MR) is 51.8 cm³/mol. The average Bonchev–Trinajstić information content (AvgIpc) is 2.72. The SMILES string of the molecule is N#Cc1ccc(Sc2ccco2)nc1. The van der Waals surface area contributed by atoms with E-state index in [4.69, 9.17) is 9.68 Å². The Balaban J connectivity index is 2.15. The maximum Gasteiger partial charge on any atom is 0.166 e. The van der Waals surface area contributed by atoms with Gasteiger partial charge in [0.25, 0.3) is 0 Å². The highest BCUT2D eigenvalue weighted by Gasteiger charge is 2.00. The molecule has 0 aliphatic carbocycles. The molecule has 0 aromatic carbocycles. The summed E-state index contributed by atoms with van der Waals surface area (Å²) in [7, 11) is 0. The molecule has 0 aliphatic rings. The molecule has 3 nitrogen and oxygen atoms in total.